The molecule has 1 saturated carbocycles. The normalized spacial score (nSPS) is 16.3. The number of rotatable bonds is 5. The minimum absolute atomic E-state index is 0.0605. The minimum Gasteiger partial charge on any atom is -0.397 e. The van der Waals surface area contributed by atoms with Gasteiger partial charge in [-0.05, 0) is 37.7 Å². The first-order chi connectivity index (χ1) is 8.56. The molecule has 0 aliphatic heterocycles. The number of carbonyl (C=O) groups is 1. The number of nitrogens with zero attached hydrogens (tertiary/aromatic N) is 1. The second-order valence-corrected chi connectivity index (χ2v) is 5.33. The van der Waals surface area contributed by atoms with Crippen molar-refractivity contribution >= 4 is 11.6 Å². The predicted molar refractivity (Wildman–Crippen MR) is 72.3 cm³/mol. The van der Waals surface area contributed by atoms with E-state index in [0.29, 0.717) is 16.7 Å². The summed E-state index contributed by atoms with van der Waals surface area (Å²) >= 11 is 0. The molecule has 2 rings (SSSR count). The van der Waals surface area contributed by atoms with Crippen LogP contribution < -0.4 is 11.1 Å². The van der Waals surface area contributed by atoms with Crippen molar-refractivity contribution in [2.75, 3.05) is 12.3 Å². The topological polar surface area (TPSA) is 68.0 Å². The summed E-state index contributed by atoms with van der Waals surface area (Å²) < 4.78 is 0. The standard InChI is InChI=1S/C14H21N3O/c1-3-4-14(5-6-14)9-17-13(18)12-7-11(15)8-16-10(12)2/h7-8H,3-6,9,15H2,1-2H3,(H,17,18). The van der Waals surface area contributed by atoms with Gasteiger partial charge in [0.25, 0.3) is 5.91 Å². The molecule has 0 bridgehead atoms. The number of hydrogen-bond acceptors (Lipinski definition) is 3. The highest BCUT2D eigenvalue weighted by Gasteiger charge is 2.41. The second kappa shape index (κ2) is 4.96. The summed E-state index contributed by atoms with van der Waals surface area (Å²) in [6, 6.07) is 1.69. The Balaban J connectivity index is 1.98. The SMILES string of the molecule is CCCC1(CNC(=O)c2cc(N)cnc2C)CC1. The van der Waals surface area contributed by atoms with Crippen molar-refractivity contribution < 1.29 is 4.79 Å². The van der Waals surface area contributed by atoms with Gasteiger partial charge < -0.3 is 11.1 Å². The number of aromatic nitrogens is 1. The molecule has 0 atom stereocenters. The van der Waals surface area contributed by atoms with Gasteiger partial charge in [-0.25, -0.2) is 0 Å². The molecule has 1 fully saturated rings. The van der Waals surface area contributed by atoms with Crippen molar-refractivity contribution in [3.05, 3.63) is 23.5 Å². The van der Waals surface area contributed by atoms with Crippen LogP contribution in [0.15, 0.2) is 12.3 Å². The van der Waals surface area contributed by atoms with Crippen LogP contribution in [-0.4, -0.2) is 17.4 Å². The summed E-state index contributed by atoms with van der Waals surface area (Å²) in [5, 5.41) is 3.02. The molecule has 3 N–H and O–H groups in total. The van der Waals surface area contributed by atoms with Gasteiger partial charge in [0.2, 0.25) is 0 Å². The number of pyridine rings is 1. The van der Waals surface area contributed by atoms with E-state index in [0.717, 1.165) is 12.2 Å². The molecule has 1 amide bonds. The summed E-state index contributed by atoms with van der Waals surface area (Å²) in [7, 11) is 0. The lowest BCUT2D eigenvalue weighted by atomic mass is 10.0. The van der Waals surface area contributed by atoms with Gasteiger partial charge in [-0.1, -0.05) is 13.3 Å². The van der Waals surface area contributed by atoms with Crippen LogP contribution in [0.3, 0.4) is 0 Å². The third kappa shape index (κ3) is 2.81. The summed E-state index contributed by atoms with van der Waals surface area (Å²) in [6.07, 6.45) is 6.41. The Bertz CT molecular complexity index is 452. The number of nitrogens with one attached hydrogen (secondary N) is 1. The molecule has 1 aromatic heterocycles. The van der Waals surface area contributed by atoms with Gasteiger partial charge in [-0.15, -0.1) is 0 Å². The van der Waals surface area contributed by atoms with E-state index in [1.807, 2.05) is 6.92 Å². The second-order valence-electron chi connectivity index (χ2n) is 5.33. The first-order valence-corrected chi connectivity index (χ1v) is 6.57. The largest absolute Gasteiger partial charge is 0.397 e. The van der Waals surface area contributed by atoms with E-state index in [1.54, 1.807) is 12.3 Å². The van der Waals surface area contributed by atoms with Gasteiger partial charge in [0.1, 0.15) is 0 Å². The molecule has 0 unspecified atom stereocenters. The van der Waals surface area contributed by atoms with Crippen LogP contribution in [-0.2, 0) is 0 Å². The van der Waals surface area contributed by atoms with Crippen LogP contribution in [0.4, 0.5) is 5.69 Å². The number of carbonyl (C=O) groups excluding carboxylic acids is 1. The van der Waals surface area contributed by atoms with Crippen molar-refractivity contribution in [1.29, 1.82) is 0 Å². The highest BCUT2D eigenvalue weighted by molar-refractivity contribution is 5.95. The quantitative estimate of drug-likeness (QED) is 0.838. The Morgan fingerprint density at radius 3 is 2.89 bits per heavy atom. The maximum absolute atomic E-state index is 12.1. The number of anilines is 1. The Labute approximate surface area is 108 Å². The predicted octanol–water partition coefficient (Wildman–Crippen LogP) is 2.28. The van der Waals surface area contributed by atoms with E-state index in [9.17, 15) is 4.79 Å². The third-order valence-corrected chi connectivity index (χ3v) is 3.71. The molecular weight excluding hydrogens is 226 g/mol. The number of nitrogen functional groups attached to an aromatic ring is 1. The highest BCUT2D eigenvalue weighted by Crippen LogP contribution is 2.48. The Hall–Kier alpha value is -1.58. The molecule has 4 nitrogen and oxygen atoms in total. The fourth-order valence-corrected chi connectivity index (χ4v) is 2.36. The lowest BCUT2D eigenvalue weighted by molar-refractivity contribution is 0.0942. The number of amides is 1. The van der Waals surface area contributed by atoms with Gasteiger partial charge in [-0.2, -0.15) is 0 Å². The van der Waals surface area contributed by atoms with E-state index in [4.69, 9.17) is 5.73 Å². The summed E-state index contributed by atoms with van der Waals surface area (Å²) in [5.74, 6) is -0.0605. The average molecular weight is 247 g/mol. The summed E-state index contributed by atoms with van der Waals surface area (Å²) in [4.78, 5) is 16.2. The van der Waals surface area contributed by atoms with E-state index in [-0.39, 0.29) is 5.91 Å². The zero-order chi connectivity index (χ0) is 13.2. The molecule has 1 aromatic rings. The molecule has 0 aromatic carbocycles. The monoisotopic (exact) mass is 247 g/mol. The van der Waals surface area contributed by atoms with Gasteiger partial charge in [0, 0.05) is 6.54 Å². The van der Waals surface area contributed by atoms with E-state index in [2.05, 4.69) is 17.2 Å². The van der Waals surface area contributed by atoms with Crippen LogP contribution >= 0.6 is 0 Å². The smallest absolute Gasteiger partial charge is 0.253 e. The molecule has 0 spiro atoms. The number of nitrogens with two attached hydrogens (primary N) is 1. The molecule has 0 saturated heterocycles. The summed E-state index contributed by atoms with van der Waals surface area (Å²) in [5.41, 5.74) is 7.87. The molecule has 18 heavy (non-hydrogen) atoms. The zero-order valence-corrected chi connectivity index (χ0v) is 11.1. The first-order valence-electron chi connectivity index (χ1n) is 6.57. The van der Waals surface area contributed by atoms with Crippen molar-refractivity contribution in [2.24, 2.45) is 5.41 Å². The van der Waals surface area contributed by atoms with Gasteiger partial charge in [-0.3, -0.25) is 9.78 Å². The lowest BCUT2D eigenvalue weighted by Crippen LogP contribution is -2.30. The molecular formula is C14H21N3O. The molecule has 1 heterocycles. The van der Waals surface area contributed by atoms with E-state index >= 15 is 0 Å². The molecule has 1 aliphatic rings. The van der Waals surface area contributed by atoms with Crippen molar-refractivity contribution in [3.63, 3.8) is 0 Å². The van der Waals surface area contributed by atoms with Gasteiger partial charge in [0.05, 0.1) is 23.1 Å². The molecule has 4 heteroatoms. The molecule has 1 aliphatic carbocycles. The highest BCUT2D eigenvalue weighted by atomic mass is 16.1. The number of hydrogen-bond donors (Lipinski definition) is 2. The van der Waals surface area contributed by atoms with Crippen LogP contribution in [0.2, 0.25) is 0 Å². The number of aryl methyl sites for hydroxylation is 1. The first kappa shape index (κ1) is 12.9. The molecule has 0 radical (unpaired) electrons. The van der Waals surface area contributed by atoms with E-state index < -0.39 is 0 Å². The summed E-state index contributed by atoms with van der Waals surface area (Å²) in [6.45, 7) is 4.79. The Morgan fingerprint density at radius 1 is 1.56 bits per heavy atom. The van der Waals surface area contributed by atoms with Crippen LogP contribution in [0.25, 0.3) is 0 Å². The average Bonchev–Trinajstić information content (AvgIpc) is 3.10. The van der Waals surface area contributed by atoms with Crippen molar-refractivity contribution in [1.82, 2.24) is 10.3 Å². The Morgan fingerprint density at radius 2 is 2.28 bits per heavy atom. The zero-order valence-electron chi connectivity index (χ0n) is 11.1. The fourth-order valence-electron chi connectivity index (χ4n) is 2.36. The van der Waals surface area contributed by atoms with E-state index in [1.165, 1.54) is 25.7 Å². The maximum atomic E-state index is 12.1. The van der Waals surface area contributed by atoms with Crippen molar-refractivity contribution in [3.8, 4) is 0 Å². The van der Waals surface area contributed by atoms with Crippen LogP contribution in [0, 0.1) is 12.3 Å². The Kier molecular flexibility index (Phi) is 3.55. The van der Waals surface area contributed by atoms with Crippen LogP contribution in [0.1, 0.15) is 48.7 Å². The minimum atomic E-state index is -0.0605. The maximum Gasteiger partial charge on any atom is 0.253 e. The van der Waals surface area contributed by atoms with Crippen molar-refractivity contribution in [2.45, 2.75) is 39.5 Å². The van der Waals surface area contributed by atoms with Crippen LogP contribution in [0.5, 0.6) is 0 Å². The fraction of sp³-hybridized carbons (Fsp3) is 0.571. The third-order valence-electron chi connectivity index (χ3n) is 3.71. The van der Waals surface area contributed by atoms with Gasteiger partial charge >= 0.3 is 0 Å². The van der Waals surface area contributed by atoms with Gasteiger partial charge in [0.15, 0.2) is 0 Å². The molecule has 98 valence electrons. The lowest BCUT2D eigenvalue weighted by Gasteiger charge is -2.15.